The highest BCUT2D eigenvalue weighted by atomic mass is 16.2. The average Bonchev–Trinajstić information content (AvgIpc) is 2.30. The van der Waals surface area contributed by atoms with Crippen molar-refractivity contribution in [2.45, 2.75) is 0 Å². The zero-order valence-corrected chi connectivity index (χ0v) is 8.51. The normalized spacial score (nSPS) is 14.8. The maximum Gasteiger partial charge on any atom is 0.250 e. The third kappa shape index (κ3) is 1.88. The first-order valence-corrected chi connectivity index (χ1v) is 4.80. The van der Waals surface area contributed by atoms with Crippen molar-refractivity contribution in [2.24, 2.45) is 5.73 Å². The number of anilines is 1. The van der Waals surface area contributed by atoms with E-state index in [0.29, 0.717) is 11.3 Å². The molecule has 1 aliphatic rings. The van der Waals surface area contributed by atoms with E-state index in [1.54, 1.807) is 36.7 Å². The SMILES string of the molecule is NC(=O)c1ccc(N2C=CNCC2=O)cc1. The van der Waals surface area contributed by atoms with Gasteiger partial charge in [0, 0.05) is 23.7 Å². The minimum absolute atomic E-state index is 0.0469. The molecule has 0 aliphatic carbocycles. The molecular weight excluding hydrogens is 206 g/mol. The largest absolute Gasteiger partial charge is 0.381 e. The molecule has 16 heavy (non-hydrogen) atoms. The zero-order chi connectivity index (χ0) is 11.5. The lowest BCUT2D eigenvalue weighted by atomic mass is 10.2. The third-order valence-corrected chi connectivity index (χ3v) is 2.29. The van der Waals surface area contributed by atoms with Crippen LogP contribution >= 0.6 is 0 Å². The number of carbonyl (C=O) groups excluding carboxylic acids is 2. The van der Waals surface area contributed by atoms with Crippen molar-refractivity contribution in [1.29, 1.82) is 0 Å². The van der Waals surface area contributed by atoms with Crippen molar-refractivity contribution in [1.82, 2.24) is 5.32 Å². The van der Waals surface area contributed by atoms with Crippen LogP contribution in [-0.4, -0.2) is 18.4 Å². The summed E-state index contributed by atoms with van der Waals surface area (Å²) in [6, 6.07) is 6.57. The minimum Gasteiger partial charge on any atom is -0.381 e. The first-order valence-electron chi connectivity index (χ1n) is 4.80. The number of hydrogen-bond acceptors (Lipinski definition) is 3. The first kappa shape index (κ1) is 10.2. The highest BCUT2D eigenvalue weighted by Crippen LogP contribution is 2.16. The summed E-state index contributed by atoms with van der Waals surface area (Å²) < 4.78 is 0. The quantitative estimate of drug-likeness (QED) is 0.742. The maximum absolute atomic E-state index is 11.5. The Morgan fingerprint density at radius 3 is 2.56 bits per heavy atom. The molecule has 82 valence electrons. The molecule has 0 radical (unpaired) electrons. The molecule has 0 saturated heterocycles. The van der Waals surface area contributed by atoms with Gasteiger partial charge in [-0.3, -0.25) is 14.5 Å². The molecule has 5 heteroatoms. The Morgan fingerprint density at radius 2 is 2.00 bits per heavy atom. The minimum atomic E-state index is -0.478. The second-order valence-electron chi connectivity index (χ2n) is 3.37. The van der Waals surface area contributed by atoms with Gasteiger partial charge in [0.2, 0.25) is 11.8 Å². The van der Waals surface area contributed by atoms with Crippen LogP contribution < -0.4 is 16.0 Å². The van der Waals surface area contributed by atoms with Crippen LogP contribution in [-0.2, 0) is 4.79 Å². The van der Waals surface area contributed by atoms with Gasteiger partial charge in [-0.1, -0.05) is 0 Å². The summed E-state index contributed by atoms with van der Waals surface area (Å²) in [6.07, 6.45) is 3.34. The Bertz CT molecular complexity index is 451. The molecule has 0 fully saturated rings. The van der Waals surface area contributed by atoms with Gasteiger partial charge >= 0.3 is 0 Å². The fraction of sp³-hybridized carbons (Fsp3) is 0.0909. The Hall–Kier alpha value is -2.30. The van der Waals surface area contributed by atoms with Crippen LogP contribution in [0.2, 0.25) is 0 Å². The zero-order valence-electron chi connectivity index (χ0n) is 8.51. The van der Waals surface area contributed by atoms with Gasteiger partial charge in [0.25, 0.3) is 0 Å². The summed E-state index contributed by atoms with van der Waals surface area (Å²) in [5, 5.41) is 2.82. The van der Waals surface area contributed by atoms with E-state index in [9.17, 15) is 9.59 Å². The predicted octanol–water partition coefficient (Wildman–Crippen LogP) is 0.193. The number of rotatable bonds is 2. The van der Waals surface area contributed by atoms with Crippen LogP contribution in [0.4, 0.5) is 5.69 Å². The lowest BCUT2D eigenvalue weighted by Crippen LogP contribution is -2.37. The molecule has 0 unspecified atom stereocenters. The number of nitrogens with two attached hydrogens (primary N) is 1. The molecule has 1 aromatic carbocycles. The van der Waals surface area contributed by atoms with Crippen molar-refractivity contribution < 1.29 is 9.59 Å². The molecule has 2 rings (SSSR count). The fourth-order valence-electron chi connectivity index (χ4n) is 1.46. The highest BCUT2D eigenvalue weighted by molar-refractivity contribution is 5.98. The van der Waals surface area contributed by atoms with E-state index in [2.05, 4.69) is 5.32 Å². The van der Waals surface area contributed by atoms with Gasteiger partial charge in [-0.25, -0.2) is 0 Å². The van der Waals surface area contributed by atoms with E-state index >= 15 is 0 Å². The lowest BCUT2D eigenvalue weighted by molar-refractivity contribution is -0.117. The van der Waals surface area contributed by atoms with Crippen molar-refractivity contribution >= 4 is 17.5 Å². The molecule has 2 amide bonds. The molecule has 0 atom stereocenters. The van der Waals surface area contributed by atoms with Gasteiger partial charge in [0.05, 0.1) is 6.54 Å². The topological polar surface area (TPSA) is 75.4 Å². The molecule has 0 saturated carbocycles. The lowest BCUT2D eigenvalue weighted by Gasteiger charge is -2.22. The number of primary amides is 1. The molecule has 3 N–H and O–H groups in total. The molecule has 0 aromatic heterocycles. The van der Waals surface area contributed by atoms with E-state index < -0.39 is 5.91 Å². The molecule has 0 spiro atoms. The van der Waals surface area contributed by atoms with Crippen molar-refractivity contribution in [3.05, 3.63) is 42.2 Å². The summed E-state index contributed by atoms with van der Waals surface area (Å²) in [6.45, 7) is 0.272. The molecule has 0 bridgehead atoms. The molecular formula is C11H11N3O2. The Labute approximate surface area is 92.5 Å². The van der Waals surface area contributed by atoms with Gasteiger partial charge in [0.1, 0.15) is 0 Å². The fourth-order valence-corrected chi connectivity index (χ4v) is 1.46. The second-order valence-corrected chi connectivity index (χ2v) is 3.37. The van der Waals surface area contributed by atoms with E-state index in [4.69, 9.17) is 5.73 Å². The van der Waals surface area contributed by atoms with Gasteiger partial charge in [-0.2, -0.15) is 0 Å². The van der Waals surface area contributed by atoms with Crippen LogP contribution in [0.3, 0.4) is 0 Å². The number of carbonyl (C=O) groups is 2. The first-order chi connectivity index (χ1) is 7.68. The molecule has 1 aliphatic heterocycles. The number of nitrogens with zero attached hydrogens (tertiary/aromatic N) is 1. The Balaban J connectivity index is 2.27. The van der Waals surface area contributed by atoms with Gasteiger partial charge < -0.3 is 11.1 Å². The van der Waals surface area contributed by atoms with Crippen LogP contribution in [0, 0.1) is 0 Å². The van der Waals surface area contributed by atoms with Crippen molar-refractivity contribution in [3.63, 3.8) is 0 Å². The summed E-state index contributed by atoms with van der Waals surface area (Å²) in [5.41, 5.74) is 6.27. The second kappa shape index (κ2) is 4.06. The summed E-state index contributed by atoms with van der Waals surface area (Å²) in [4.78, 5) is 23.9. The van der Waals surface area contributed by atoms with E-state index in [1.165, 1.54) is 4.90 Å². The van der Waals surface area contributed by atoms with E-state index in [-0.39, 0.29) is 12.5 Å². The average molecular weight is 217 g/mol. The maximum atomic E-state index is 11.5. The number of benzene rings is 1. The molecule has 1 aromatic rings. The predicted molar refractivity (Wildman–Crippen MR) is 59.6 cm³/mol. The summed E-state index contributed by atoms with van der Waals surface area (Å²) in [5.74, 6) is -0.525. The van der Waals surface area contributed by atoms with Crippen LogP contribution in [0.5, 0.6) is 0 Å². The number of hydrogen-bond donors (Lipinski definition) is 2. The summed E-state index contributed by atoms with van der Waals surface area (Å²) in [7, 11) is 0. The smallest absolute Gasteiger partial charge is 0.250 e. The third-order valence-electron chi connectivity index (χ3n) is 2.29. The molecule has 1 heterocycles. The monoisotopic (exact) mass is 217 g/mol. The Morgan fingerprint density at radius 1 is 1.31 bits per heavy atom. The van der Waals surface area contributed by atoms with Crippen LogP contribution in [0.25, 0.3) is 0 Å². The van der Waals surface area contributed by atoms with E-state index in [0.717, 1.165) is 0 Å². The molecule has 5 nitrogen and oxygen atoms in total. The van der Waals surface area contributed by atoms with Crippen molar-refractivity contribution in [3.8, 4) is 0 Å². The van der Waals surface area contributed by atoms with Crippen LogP contribution in [0.15, 0.2) is 36.7 Å². The highest BCUT2D eigenvalue weighted by Gasteiger charge is 2.15. The summed E-state index contributed by atoms with van der Waals surface area (Å²) >= 11 is 0. The van der Waals surface area contributed by atoms with Crippen molar-refractivity contribution in [2.75, 3.05) is 11.4 Å². The number of amides is 2. The standard InChI is InChI=1S/C11H11N3O2/c12-11(16)8-1-3-9(4-2-8)14-6-5-13-7-10(14)15/h1-6,13H,7H2,(H2,12,16). The van der Waals surface area contributed by atoms with E-state index in [1.807, 2.05) is 0 Å². The van der Waals surface area contributed by atoms with Gasteiger partial charge in [-0.05, 0) is 24.3 Å². The number of nitrogens with one attached hydrogen (secondary N) is 1. The van der Waals surface area contributed by atoms with Crippen LogP contribution in [0.1, 0.15) is 10.4 Å². The van der Waals surface area contributed by atoms with Gasteiger partial charge in [-0.15, -0.1) is 0 Å². The Kier molecular flexibility index (Phi) is 2.59. The van der Waals surface area contributed by atoms with Gasteiger partial charge in [0.15, 0.2) is 0 Å².